The molecule has 1 aromatic heterocycles. The van der Waals surface area contributed by atoms with E-state index >= 15 is 0 Å². The summed E-state index contributed by atoms with van der Waals surface area (Å²) in [7, 11) is 0. The van der Waals surface area contributed by atoms with Crippen LogP contribution in [-0.4, -0.2) is 38.6 Å². The molecule has 1 aliphatic heterocycles. The van der Waals surface area contributed by atoms with Crippen LogP contribution in [0, 0.1) is 11.7 Å². The lowest BCUT2D eigenvalue weighted by Crippen LogP contribution is -2.40. The van der Waals surface area contributed by atoms with Crippen molar-refractivity contribution in [3.63, 3.8) is 0 Å². The van der Waals surface area contributed by atoms with E-state index in [0.717, 1.165) is 24.1 Å². The van der Waals surface area contributed by atoms with Crippen LogP contribution in [0.3, 0.4) is 0 Å². The molecule has 6 heteroatoms. The molecule has 0 radical (unpaired) electrons. The molecule has 1 atom stereocenters. The molecule has 0 bridgehead atoms. The second-order valence-electron chi connectivity index (χ2n) is 5.89. The van der Waals surface area contributed by atoms with Gasteiger partial charge in [0.25, 0.3) is 0 Å². The number of benzene rings is 1. The Morgan fingerprint density at radius 3 is 3.13 bits per heavy atom. The Hall–Kier alpha value is -2.21. The molecule has 23 heavy (non-hydrogen) atoms. The van der Waals surface area contributed by atoms with Crippen LogP contribution in [-0.2, 0) is 24.3 Å². The van der Waals surface area contributed by atoms with Crippen molar-refractivity contribution in [2.75, 3.05) is 13.2 Å². The Labute approximate surface area is 134 Å². The van der Waals surface area contributed by atoms with Gasteiger partial charge in [-0.05, 0) is 30.5 Å². The maximum absolute atomic E-state index is 13.3. The van der Waals surface area contributed by atoms with Gasteiger partial charge in [-0.15, -0.1) is 0 Å². The smallest absolute Gasteiger partial charge is 0.227 e. The van der Waals surface area contributed by atoms with Crippen molar-refractivity contribution in [1.82, 2.24) is 14.5 Å². The Kier molecular flexibility index (Phi) is 4.71. The van der Waals surface area contributed by atoms with Gasteiger partial charge in [-0.2, -0.15) is 0 Å². The Balaban J connectivity index is 1.71. The number of rotatable bonds is 5. The first-order valence-corrected chi connectivity index (χ1v) is 7.80. The summed E-state index contributed by atoms with van der Waals surface area (Å²) in [6.45, 7) is 1.07. The van der Waals surface area contributed by atoms with Crippen LogP contribution in [0.15, 0.2) is 36.8 Å². The monoisotopic (exact) mass is 317 g/mol. The van der Waals surface area contributed by atoms with Crippen molar-refractivity contribution in [1.29, 1.82) is 0 Å². The number of hydrogen-bond donors (Lipinski definition) is 1. The topological polar surface area (TPSA) is 58.4 Å². The van der Waals surface area contributed by atoms with Crippen LogP contribution in [0.4, 0.5) is 4.39 Å². The normalized spacial score (nSPS) is 16.9. The molecule has 1 amide bonds. The van der Waals surface area contributed by atoms with Gasteiger partial charge in [0.05, 0.1) is 18.9 Å². The van der Waals surface area contributed by atoms with Gasteiger partial charge in [-0.3, -0.25) is 4.79 Å². The molecule has 1 unspecified atom stereocenters. The molecule has 1 aliphatic rings. The molecule has 0 saturated carbocycles. The predicted octanol–water partition coefficient (Wildman–Crippen LogP) is 1.61. The van der Waals surface area contributed by atoms with E-state index in [1.807, 2.05) is 10.8 Å². The van der Waals surface area contributed by atoms with E-state index in [0.29, 0.717) is 13.1 Å². The van der Waals surface area contributed by atoms with Crippen molar-refractivity contribution < 1.29 is 14.3 Å². The number of imidazole rings is 1. The third kappa shape index (κ3) is 3.59. The van der Waals surface area contributed by atoms with Gasteiger partial charge in [0.1, 0.15) is 5.82 Å². The molecule has 122 valence electrons. The van der Waals surface area contributed by atoms with Gasteiger partial charge in [-0.1, -0.05) is 12.1 Å². The standard InChI is InChI=1S/C17H20FN3O2/c18-15-3-1-2-13(8-15)10-20(6-7-22)17(23)14-4-5-16-9-19-12-21(16)11-14/h1-3,8-9,12,14,22H,4-7,10-11H2. The van der Waals surface area contributed by atoms with Gasteiger partial charge in [0.15, 0.2) is 0 Å². The molecule has 0 aliphatic carbocycles. The molecule has 3 rings (SSSR count). The van der Waals surface area contributed by atoms with Crippen LogP contribution >= 0.6 is 0 Å². The highest BCUT2D eigenvalue weighted by Crippen LogP contribution is 2.22. The van der Waals surface area contributed by atoms with E-state index in [2.05, 4.69) is 4.98 Å². The van der Waals surface area contributed by atoms with Crippen molar-refractivity contribution >= 4 is 5.91 Å². The molecule has 0 saturated heterocycles. The highest BCUT2D eigenvalue weighted by atomic mass is 19.1. The largest absolute Gasteiger partial charge is 0.395 e. The Morgan fingerprint density at radius 2 is 2.35 bits per heavy atom. The minimum atomic E-state index is -0.320. The van der Waals surface area contributed by atoms with Crippen LogP contribution in [0.5, 0.6) is 0 Å². The summed E-state index contributed by atoms with van der Waals surface area (Å²) >= 11 is 0. The van der Waals surface area contributed by atoms with Crippen molar-refractivity contribution in [2.45, 2.75) is 25.9 Å². The van der Waals surface area contributed by atoms with E-state index in [-0.39, 0.29) is 30.8 Å². The third-order valence-corrected chi connectivity index (χ3v) is 4.26. The number of aromatic nitrogens is 2. The van der Waals surface area contributed by atoms with Gasteiger partial charge in [0.2, 0.25) is 5.91 Å². The fourth-order valence-electron chi connectivity index (χ4n) is 3.07. The van der Waals surface area contributed by atoms with Crippen molar-refractivity contribution in [3.8, 4) is 0 Å². The molecule has 0 spiro atoms. The summed E-state index contributed by atoms with van der Waals surface area (Å²) in [5.74, 6) is -0.445. The Bertz CT molecular complexity index is 686. The minimum absolute atomic E-state index is 0.00246. The Morgan fingerprint density at radius 1 is 1.48 bits per heavy atom. The molecule has 0 fully saturated rings. The first-order valence-electron chi connectivity index (χ1n) is 7.80. The maximum atomic E-state index is 13.3. The van der Waals surface area contributed by atoms with Crippen LogP contribution in [0.1, 0.15) is 17.7 Å². The lowest BCUT2D eigenvalue weighted by molar-refractivity contribution is -0.137. The van der Waals surface area contributed by atoms with Crippen LogP contribution in [0.25, 0.3) is 0 Å². The lowest BCUT2D eigenvalue weighted by atomic mass is 9.96. The number of fused-ring (bicyclic) bond motifs is 1. The van der Waals surface area contributed by atoms with E-state index in [9.17, 15) is 14.3 Å². The fraction of sp³-hybridized carbons (Fsp3) is 0.412. The molecule has 2 heterocycles. The molecule has 2 aromatic rings. The molecular formula is C17H20FN3O2. The highest BCUT2D eigenvalue weighted by molar-refractivity contribution is 5.79. The predicted molar refractivity (Wildman–Crippen MR) is 82.9 cm³/mol. The molecule has 1 N–H and O–H groups in total. The summed E-state index contributed by atoms with van der Waals surface area (Å²) in [4.78, 5) is 18.5. The van der Waals surface area contributed by atoms with Crippen LogP contribution in [0.2, 0.25) is 0 Å². The van der Waals surface area contributed by atoms with Crippen molar-refractivity contribution in [3.05, 3.63) is 53.9 Å². The summed E-state index contributed by atoms with van der Waals surface area (Å²) in [6.07, 6.45) is 5.18. The van der Waals surface area contributed by atoms with E-state index < -0.39 is 0 Å². The number of hydrogen-bond acceptors (Lipinski definition) is 3. The minimum Gasteiger partial charge on any atom is -0.395 e. The van der Waals surface area contributed by atoms with Crippen LogP contribution < -0.4 is 0 Å². The quantitative estimate of drug-likeness (QED) is 0.911. The average Bonchev–Trinajstić information content (AvgIpc) is 3.01. The van der Waals surface area contributed by atoms with Gasteiger partial charge < -0.3 is 14.6 Å². The second kappa shape index (κ2) is 6.91. The van der Waals surface area contributed by atoms with Gasteiger partial charge >= 0.3 is 0 Å². The summed E-state index contributed by atoms with van der Waals surface area (Å²) in [5, 5.41) is 9.26. The second-order valence-corrected chi connectivity index (χ2v) is 5.89. The number of carbonyl (C=O) groups is 1. The zero-order valence-corrected chi connectivity index (χ0v) is 12.9. The molecular weight excluding hydrogens is 297 g/mol. The summed E-state index contributed by atoms with van der Waals surface area (Å²) in [6, 6.07) is 6.22. The SMILES string of the molecule is O=C(C1CCc2cncn2C1)N(CCO)Cc1cccc(F)c1. The number of nitrogens with zero attached hydrogens (tertiary/aromatic N) is 3. The number of amides is 1. The van der Waals surface area contributed by atoms with E-state index in [4.69, 9.17) is 0 Å². The van der Waals surface area contributed by atoms with E-state index in [1.165, 1.54) is 12.1 Å². The highest BCUT2D eigenvalue weighted by Gasteiger charge is 2.28. The molecule has 5 nitrogen and oxygen atoms in total. The first kappa shape index (κ1) is 15.7. The fourth-order valence-corrected chi connectivity index (χ4v) is 3.07. The van der Waals surface area contributed by atoms with Gasteiger partial charge in [-0.25, -0.2) is 9.37 Å². The first-order chi connectivity index (χ1) is 11.2. The van der Waals surface area contributed by atoms with Crippen molar-refractivity contribution in [2.24, 2.45) is 5.92 Å². The number of aliphatic hydroxyl groups is 1. The zero-order valence-electron chi connectivity index (χ0n) is 12.9. The number of aryl methyl sites for hydroxylation is 1. The van der Waals surface area contributed by atoms with E-state index in [1.54, 1.807) is 23.4 Å². The number of halogens is 1. The van der Waals surface area contributed by atoms with Gasteiger partial charge in [0, 0.05) is 31.5 Å². The third-order valence-electron chi connectivity index (χ3n) is 4.26. The lowest BCUT2D eigenvalue weighted by Gasteiger charge is -2.30. The summed E-state index contributed by atoms with van der Waals surface area (Å²) < 4.78 is 15.3. The zero-order chi connectivity index (χ0) is 16.2. The maximum Gasteiger partial charge on any atom is 0.227 e. The molecule has 1 aromatic carbocycles. The number of carbonyl (C=O) groups excluding carboxylic acids is 1. The number of aliphatic hydroxyl groups excluding tert-OH is 1. The average molecular weight is 317 g/mol. The summed E-state index contributed by atoms with van der Waals surface area (Å²) in [5.41, 5.74) is 1.87.